The van der Waals surface area contributed by atoms with Gasteiger partial charge in [-0.25, -0.2) is 9.50 Å². The summed E-state index contributed by atoms with van der Waals surface area (Å²) in [6.07, 6.45) is 3.22. The summed E-state index contributed by atoms with van der Waals surface area (Å²) in [5.74, 6) is 0.707. The van der Waals surface area contributed by atoms with Crippen LogP contribution in [0.1, 0.15) is 23.4 Å². The first kappa shape index (κ1) is 17.0. The molecule has 0 spiro atoms. The van der Waals surface area contributed by atoms with Crippen molar-refractivity contribution in [3.8, 4) is 0 Å². The third kappa shape index (κ3) is 3.44. The fourth-order valence-electron chi connectivity index (χ4n) is 4.08. The Kier molecular flexibility index (Phi) is 4.64. The summed E-state index contributed by atoms with van der Waals surface area (Å²) in [7, 11) is 2.21. The van der Waals surface area contributed by atoms with Crippen LogP contribution in [0.15, 0.2) is 42.6 Å². The molecule has 1 unspecified atom stereocenters. The highest BCUT2D eigenvalue weighted by Gasteiger charge is 2.24. The molecule has 0 N–H and O–H groups in total. The highest BCUT2D eigenvalue weighted by Crippen LogP contribution is 2.24. The molecule has 26 heavy (non-hydrogen) atoms. The average Bonchev–Trinajstić information content (AvgIpc) is 3.23. The minimum atomic E-state index is 0.707. The summed E-state index contributed by atoms with van der Waals surface area (Å²) in [6, 6.07) is 12.8. The van der Waals surface area contributed by atoms with E-state index in [1.165, 1.54) is 17.7 Å². The Bertz CT molecular complexity index is 886. The molecule has 5 heteroatoms. The molecule has 0 radical (unpaired) electrons. The molecule has 1 atom stereocenters. The summed E-state index contributed by atoms with van der Waals surface area (Å²) >= 11 is 0. The lowest BCUT2D eigenvalue weighted by atomic mass is 10.1. The van der Waals surface area contributed by atoms with Gasteiger partial charge in [-0.3, -0.25) is 0 Å². The molecule has 4 rings (SSSR count). The monoisotopic (exact) mass is 349 g/mol. The van der Waals surface area contributed by atoms with Crippen molar-refractivity contribution < 1.29 is 0 Å². The van der Waals surface area contributed by atoms with Crippen molar-refractivity contribution in [1.82, 2.24) is 19.5 Å². The van der Waals surface area contributed by atoms with E-state index in [0.29, 0.717) is 5.92 Å². The molecule has 0 amide bonds. The van der Waals surface area contributed by atoms with Crippen molar-refractivity contribution in [2.24, 2.45) is 5.92 Å². The van der Waals surface area contributed by atoms with Gasteiger partial charge in [-0.15, -0.1) is 0 Å². The highest BCUT2D eigenvalue weighted by atomic mass is 15.3. The van der Waals surface area contributed by atoms with Crippen LogP contribution in [-0.2, 0) is 6.54 Å². The van der Waals surface area contributed by atoms with Crippen molar-refractivity contribution in [2.45, 2.75) is 26.8 Å². The molecule has 1 saturated heterocycles. The smallest absolute Gasteiger partial charge is 0.159 e. The molecule has 0 saturated carbocycles. The Morgan fingerprint density at radius 1 is 1.19 bits per heavy atom. The molecular formula is C21H27N5. The van der Waals surface area contributed by atoms with E-state index < -0.39 is 0 Å². The number of fused-ring (bicyclic) bond motifs is 1. The first-order valence-electron chi connectivity index (χ1n) is 9.39. The number of hydrogen-bond acceptors (Lipinski definition) is 4. The van der Waals surface area contributed by atoms with Gasteiger partial charge in [0, 0.05) is 48.8 Å². The van der Waals surface area contributed by atoms with Gasteiger partial charge in [0.1, 0.15) is 0 Å². The van der Waals surface area contributed by atoms with Crippen LogP contribution >= 0.6 is 0 Å². The average molecular weight is 349 g/mol. The third-order valence-electron chi connectivity index (χ3n) is 5.27. The standard InChI is InChI=1S/C21H27N5/c1-16-11-17(2)26-21(23-16)19(12-22-26)15-24(3)13-18-9-10-25(14-18)20-7-5-4-6-8-20/h4-8,11-12,18H,9-10,13-15H2,1-3H3. The third-order valence-corrected chi connectivity index (χ3v) is 5.27. The number of benzene rings is 1. The second-order valence-electron chi connectivity index (χ2n) is 7.58. The topological polar surface area (TPSA) is 36.7 Å². The fourth-order valence-corrected chi connectivity index (χ4v) is 4.08. The zero-order valence-electron chi connectivity index (χ0n) is 15.9. The van der Waals surface area contributed by atoms with Gasteiger partial charge in [0.15, 0.2) is 5.65 Å². The summed E-state index contributed by atoms with van der Waals surface area (Å²) in [5, 5.41) is 4.52. The molecule has 1 aromatic carbocycles. The van der Waals surface area contributed by atoms with Gasteiger partial charge in [-0.2, -0.15) is 5.10 Å². The Hall–Kier alpha value is -2.40. The van der Waals surface area contributed by atoms with Crippen LogP contribution in [0.4, 0.5) is 5.69 Å². The van der Waals surface area contributed by atoms with E-state index in [1.807, 2.05) is 17.6 Å². The van der Waals surface area contributed by atoms with Gasteiger partial charge < -0.3 is 9.80 Å². The Morgan fingerprint density at radius 3 is 2.81 bits per heavy atom. The predicted molar refractivity (Wildman–Crippen MR) is 106 cm³/mol. The number of hydrogen-bond donors (Lipinski definition) is 0. The first-order valence-corrected chi connectivity index (χ1v) is 9.39. The number of nitrogens with zero attached hydrogens (tertiary/aromatic N) is 5. The molecule has 3 aromatic rings. The van der Waals surface area contributed by atoms with Crippen molar-refractivity contribution in [2.75, 3.05) is 31.6 Å². The first-order chi connectivity index (χ1) is 12.6. The number of aromatic nitrogens is 3. The van der Waals surface area contributed by atoms with Gasteiger partial charge in [0.2, 0.25) is 0 Å². The number of anilines is 1. The zero-order valence-corrected chi connectivity index (χ0v) is 15.9. The molecule has 136 valence electrons. The van der Waals surface area contributed by atoms with E-state index >= 15 is 0 Å². The van der Waals surface area contributed by atoms with Crippen molar-refractivity contribution in [3.63, 3.8) is 0 Å². The SMILES string of the molecule is Cc1cc(C)n2ncc(CN(C)CC3CCN(c4ccccc4)C3)c2n1. The number of rotatable bonds is 5. The van der Waals surface area contributed by atoms with E-state index in [4.69, 9.17) is 4.98 Å². The predicted octanol–water partition coefficient (Wildman–Crippen LogP) is 3.30. The van der Waals surface area contributed by atoms with E-state index in [9.17, 15) is 0 Å². The fraction of sp³-hybridized carbons (Fsp3) is 0.429. The maximum absolute atomic E-state index is 4.70. The van der Waals surface area contributed by atoms with E-state index in [0.717, 1.165) is 43.2 Å². The second kappa shape index (κ2) is 7.08. The molecule has 2 aromatic heterocycles. The van der Waals surface area contributed by atoms with Crippen LogP contribution in [0, 0.1) is 19.8 Å². The molecule has 0 bridgehead atoms. The van der Waals surface area contributed by atoms with Gasteiger partial charge in [-0.1, -0.05) is 18.2 Å². The van der Waals surface area contributed by atoms with Gasteiger partial charge >= 0.3 is 0 Å². The molecule has 3 heterocycles. The molecule has 1 aliphatic heterocycles. The lowest BCUT2D eigenvalue weighted by molar-refractivity contribution is 0.280. The largest absolute Gasteiger partial charge is 0.371 e. The Morgan fingerprint density at radius 2 is 2.00 bits per heavy atom. The van der Waals surface area contributed by atoms with Gasteiger partial charge in [0.05, 0.1) is 6.20 Å². The van der Waals surface area contributed by atoms with Crippen LogP contribution in [0.3, 0.4) is 0 Å². The summed E-state index contributed by atoms with van der Waals surface area (Å²) < 4.78 is 1.95. The van der Waals surface area contributed by atoms with Crippen LogP contribution in [0.5, 0.6) is 0 Å². The quantitative estimate of drug-likeness (QED) is 0.708. The maximum Gasteiger partial charge on any atom is 0.159 e. The summed E-state index contributed by atoms with van der Waals surface area (Å²) in [5.41, 5.74) is 5.73. The Balaban J connectivity index is 1.40. The van der Waals surface area contributed by atoms with Gasteiger partial charge in [0.25, 0.3) is 0 Å². The van der Waals surface area contributed by atoms with Gasteiger partial charge in [-0.05, 0) is 51.4 Å². The van der Waals surface area contributed by atoms with Crippen molar-refractivity contribution in [1.29, 1.82) is 0 Å². The second-order valence-corrected chi connectivity index (χ2v) is 7.58. The van der Waals surface area contributed by atoms with E-state index in [2.05, 4.69) is 65.3 Å². The van der Waals surface area contributed by atoms with E-state index in [1.54, 1.807) is 0 Å². The number of aryl methyl sites for hydroxylation is 2. The van der Waals surface area contributed by atoms with Crippen LogP contribution in [0.2, 0.25) is 0 Å². The van der Waals surface area contributed by atoms with Crippen molar-refractivity contribution >= 4 is 11.3 Å². The Labute approximate surface area is 155 Å². The lowest BCUT2D eigenvalue weighted by Gasteiger charge is -2.22. The molecule has 0 aliphatic carbocycles. The maximum atomic E-state index is 4.70. The molecular weight excluding hydrogens is 322 g/mol. The molecule has 1 fully saturated rings. The normalized spacial score (nSPS) is 17.5. The lowest BCUT2D eigenvalue weighted by Crippen LogP contribution is -2.28. The summed E-state index contributed by atoms with van der Waals surface area (Å²) in [4.78, 5) is 9.61. The minimum absolute atomic E-state index is 0.707. The molecule has 5 nitrogen and oxygen atoms in total. The van der Waals surface area contributed by atoms with Crippen LogP contribution in [0.25, 0.3) is 5.65 Å². The number of para-hydroxylation sites is 1. The zero-order chi connectivity index (χ0) is 18.1. The molecule has 1 aliphatic rings. The van der Waals surface area contributed by atoms with Crippen LogP contribution in [-0.4, -0.2) is 46.2 Å². The summed E-state index contributed by atoms with van der Waals surface area (Å²) in [6.45, 7) is 8.41. The van der Waals surface area contributed by atoms with Crippen LogP contribution < -0.4 is 4.90 Å². The van der Waals surface area contributed by atoms with Crippen molar-refractivity contribution in [3.05, 3.63) is 59.5 Å². The minimum Gasteiger partial charge on any atom is -0.371 e. The van der Waals surface area contributed by atoms with E-state index in [-0.39, 0.29) is 0 Å². The highest BCUT2D eigenvalue weighted by molar-refractivity contribution is 5.48.